The van der Waals surface area contributed by atoms with Gasteiger partial charge in [-0.3, -0.25) is 0 Å². The van der Waals surface area contributed by atoms with Crippen LogP contribution in [0.2, 0.25) is 0 Å². The molecular formula is C19H26O2. The summed E-state index contributed by atoms with van der Waals surface area (Å²) in [5, 5.41) is 0. The lowest BCUT2D eigenvalue weighted by Crippen LogP contribution is -2.12. The van der Waals surface area contributed by atoms with Gasteiger partial charge in [-0.2, -0.15) is 0 Å². The number of benzene rings is 1. The van der Waals surface area contributed by atoms with Crippen LogP contribution in [-0.2, 0) is 16.1 Å². The summed E-state index contributed by atoms with van der Waals surface area (Å²) >= 11 is 0. The normalized spacial score (nSPS) is 23.4. The van der Waals surface area contributed by atoms with Gasteiger partial charge in [-0.05, 0) is 18.9 Å². The Hall–Kier alpha value is -1.30. The van der Waals surface area contributed by atoms with Crippen molar-refractivity contribution in [1.82, 2.24) is 0 Å². The van der Waals surface area contributed by atoms with E-state index < -0.39 is 0 Å². The van der Waals surface area contributed by atoms with Gasteiger partial charge in [0.05, 0.1) is 13.2 Å². The Bertz CT molecular complexity index is 471. The smallest absolute Gasteiger partial charge is 0.154 e. The second-order valence-corrected chi connectivity index (χ2v) is 5.83. The van der Waals surface area contributed by atoms with Crippen LogP contribution in [0, 0.1) is 11.8 Å². The maximum Gasteiger partial charge on any atom is 0.154 e. The topological polar surface area (TPSA) is 21.8 Å². The van der Waals surface area contributed by atoms with Crippen molar-refractivity contribution in [3.63, 3.8) is 0 Å². The minimum Gasteiger partial charge on any atom is -0.374 e. The summed E-state index contributed by atoms with van der Waals surface area (Å²) in [5.74, 6) is 6.51. The zero-order chi connectivity index (χ0) is 15.0. The fraction of sp³-hybridized carbons (Fsp3) is 0.579. The summed E-state index contributed by atoms with van der Waals surface area (Å²) in [6, 6.07) is 10.2. The van der Waals surface area contributed by atoms with Gasteiger partial charge in [-0.15, -0.1) is 5.92 Å². The molecule has 1 aromatic rings. The number of hydrogen-bond donors (Lipinski definition) is 0. The second kappa shape index (κ2) is 8.22. The first-order valence-electron chi connectivity index (χ1n) is 8.04. The Kier molecular flexibility index (Phi) is 6.29. The highest BCUT2D eigenvalue weighted by Gasteiger charge is 2.51. The molecule has 1 aliphatic heterocycles. The minimum atomic E-state index is -0.276. The molecule has 21 heavy (non-hydrogen) atoms. The highest BCUT2D eigenvalue weighted by atomic mass is 16.6. The van der Waals surface area contributed by atoms with Gasteiger partial charge < -0.3 is 9.47 Å². The van der Waals surface area contributed by atoms with Gasteiger partial charge >= 0.3 is 0 Å². The van der Waals surface area contributed by atoms with Gasteiger partial charge in [0.1, 0.15) is 6.10 Å². The van der Waals surface area contributed by atoms with Gasteiger partial charge in [0.25, 0.3) is 0 Å². The third kappa shape index (κ3) is 5.53. The van der Waals surface area contributed by atoms with E-state index in [1.165, 1.54) is 31.2 Å². The van der Waals surface area contributed by atoms with E-state index in [1.54, 1.807) is 0 Å². The van der Waals surface area contributed by atoms with Crippen LogP contribution in [-0.4, -0.2) is 18.3 Å². The molecule has 2 nitrogen and oxygen atoms in total. The number of unbranched alkanes of at least 4 members (excludes halogenated alkanes) is 4. The van der Waals surface area contributed by atoms with E-state index in [1.807, 2.05) is 18.2 Å². The molecule has 0 aromatic heterocycles. The highest BCUT2D eigenvalue weighted by Crippen LogP contribution is 2.35. The number of rotatable bonds is 8. The summed E-state index contributed by atoms with van der Waals surface area (Å²) in [6.07, 6.45) is 6.18. The van der Waals surface area contributed by atoms with E-state index in [-0.39, 0.29) is 11.7 Å². The molecule has 0 unspecified atom stereocenters. The maximum absolute atomic E-state index is 5.71. The molecule has 114 valence electrons. The first-order valence-corrected chi connectivity index (χ1v) is 8.04. The summed E-state index contributed by atoms with van der Waals surface area (Å²) in [4.78, 5) is 0. The van der Waals surface area contributed by atoms with Crippen LogP contribution in [0.1, 0.15) is 51.5 Å². The predicted octanol–water partition coefficient (Wildman–Crippen LogP) is 4.33. The van der Waals surface area contributed by atoms with Crippen LogP contribution in [0.5, 0.6) is 0 Å². The minimum absolute atomic E-state index is 0.129. The summed E-state index contributed by atoms with van der Waals surface area (Å²) in [5.41, 5.74) is 0.920. The van der Waals surface area contributed by atoms with Crippen LogP contribution >= 0.6 is 0 Å². The predicted molar refractivity (Wildman–Crippen MR) is 85.9 cm³/mol. The molecule has 0 spiro atoms. The molecule has 0 amide bonds. The summed E-state index contributed by atoms with van der Waals surface area (Å²) in [6.45, 7) is 5.55. The van der Waals surface area contributed by atoms with Crippen molar-refractivity contribution in [2.75, 3.05) is 6.61 Å². The van der Waals surface area contributed by atoms with E-state index >= 15 is 0 Å². The average Bonchev–Trinajstić information content (AvgIpc) is 3.14. The lowest BCUT2D eigenvalue weighted by Gasteiger charge is -2.02. The van der Waals surface area contributed by atoms with Crippen molar-refractivity contribution in [1.29, 1.82) is 0 Å². The van der Waals surface area contributed by atoms with Crippen molar-refractivity contribution in [3.8, 4) is 11.8 Å². The molecule has 1 heterocycles. The molecule has 1 fully saturated rings. The molecule has 0 bridgehead atoms. The Morgan fingerprint density at radius 1 is 1.19 bits per heavy atom. The quantitative estimate of drug-likeness (QED) is 0.403. The Morgan fingerprint density at radius 2 is 2.00 bits per heavy atom. The summed E-state index contributed by atoms with van der Waals surface area (Å²) in [7, 11) is 0. The lowest BCUT2D eigenvalue weighted by atomic mass is 10.1. The second-order valence-electron chi connectivity index (χ2n) is 5.83. The van der Waals surface area contributed by atoms with Crippen molar-refractivity contribution in [3.05, 3.63) is 35.9 Å². The lowest BCUT2D eigenvalue weighted by molar-refractivity contribution is 0.104. The van der Waals surface area contributed by atoms with E-state index in [9.17, 15) is 0 Å². The van der Waals surface area contributed by atoms with Crippen LogP contribution in [0.15, 0.2) is 30.3 Å². The van der Waals surface area contributed by atoms with E-state index in [2.05, 4.69) is 37.8 Å². The molecule has 0 radical (unpaired) electrons. The fourth-order valence-corrected chi connectivity index (χ4v) is 2.30. The first-order chi connectivity index (χ1) is 10.2. The highest BCUT2D eigenvalue weighted by molar-refractivity contribution is 5.23. The zero-order valence-electron chi connectivity index (χ0n) is 13.2. The summed E-state index contributed by atoms with van der Waals surface area (Å²) < 4.78 is 11.4. The van der Waals surface area contributed by atoms with E-state index in [0.717, 1.165) is 6.42 Å². The molecule has 2 heteroatoms. The van der Waals surface area contributed by atoms with Gasteiger partial charge in [0, 0.05) is 6.42 Å². The van der Waals surface area contributed by atoms with E-state index in [4.69, 9.17) is 9.47 Å². The van der Waals surface area contributed by atoms with Crippen LogP contribution in [0.3, 0.4) is 0 Å². The third-order valence-corrected chi connectivity index (χ3v) is 3.82. The maximum atomic E-state index is 5.71. The molecule has 1 aliphatic rings. The SMILES string of the molecule is CCCCCCC#C[C@@]1(C)O[C@H]1COCc1ccccc1. The van der Waals surface area contributed by atoms with Crippen molar-refractivity contribution >= 4 is 0 Å². The van der Waals surface area contributed by atoms with Crippen molar-refractivity contribution in [2.24, 2.45) is 0 Å². The number of epoxide rings is 1. The van der Waals surface area contributed by atoms with Crippen molar-refractivity contribution < 1.29 is 9.47 Å². The zero-order valence-corrected chi connectivity index (χ0v) is 13.2. The number of ether oxygens (including phenoxy) is 2. The number of hydrogen-bond acceptors (Lipinski definition) is 2. The van der Waals surface area contributed by atoms with Gasteiger partial charge in [0.2, 0.25) is 0 Å². The molecule has 0 saturated carbocycles. The van der Waals surface area contributed by atoms with Crippen LogP contribution in [0.25, 0.3) is 0 Å². The average molecular weight is 286 g/mol. The van der Waals surface area contributed by atoms with Gasteiger partial charge in [-0.25, -0.2) is 0 Å². The Labute approximate surface area is 128 Å². The van der Waals surface area contributed by atoms with Crippen LogP contribution in [0.4, 0.5) is 0 Å². The molecular weight excluding hydrogens is 260 g/mol. The monoisotopic (exact) mass is 286 g/mol. The largest absolute Gasteiger partial charge is 0.374 e. The van der Waals surface area contributed by atoms with Gasteiger partial charge in [0.15, 0.2) is 5.60 Å². The molecule has 1 aromatic carbocycles. The van der Waals surface area contributed by atoms with Gasteiger partial charge in [-0.1, -0.05) is 62.4 Å². The third-order valence-electron chi connectivity index (χ3n) is 3.82. The van der Waals surface area contributed by atoms with E-state index in [0.29, 0.717) is 13.2 Å². The molecule has 1 saturated heterocycles. The standard InChI is InChI=1S/C19H26O2/c1-3-4-5-6-7-11-14-19(2)18(21-19)16-20-15-17-12-9-8-10-13-17/h8-10,12-13,18H,3-7,15-16H2,1-2H3/t18-,19+/m0/s1. The Balaban J connectivity index is 1.61. The Morgan fingerprint density at radius 3 is 2.76 bits per heavy atom. The first kappa shape index (κ1) is 16.1. The molecule has 0 aliphatic carbocycles. The molecule has 0 N–H and O–H groups in total. The van der Waals surface area contributed by atoms with Crippen LogP contribution < -0.4 is 0 Å². The molecule has 2 atom stereocenters. The van der Waals surface area contributed by atoms with Crippen molar-refractivity contribution in [2.45, 2.75) is 64.3 Å². The fourth-order valence-electron chi connectivity index (χ4n) is 2.30. The molecule has 2 rings (SSSR count).